The normalized spacial score (nSPS) is 11.5. The van der Waals surface area contributed by atoms with Crippen LogP contribution in [0.1, 0.15) is 271 Å². The van der Waals surface area contributed by atoms with E-state index >= 15 is 0 Å². The molecule has 4 heteroatoms. The van der Waals surface area contributed by atoms with Crippen molar-refractivity contribution in [3.8, 4) is 0 Å². The van der Waals surface area contributed by atoms with E-state index in [1.54, 1.807) is 0 Å². The minimum Gasteiger partial charge on any atom is -0.465 e. The topological polar surface area (TPSA) is 52.6 Å². The van der Waals surface area contributed by atoms with Gasteiger partial charge in [-0.1, -0.05) is 252 Å². The molecule has 0 saturated heterocycles. The molecular weight excluding hydrogens is 629 g/mol. The Balaban J connectivity index is 4.16. The molecule has 0 aromatic carbocycles. The van der Waals surface area contributed by atoms with Gasteiger partial charge in [-0.25, -0.2) is 0 Å². The van der Waals surface area contributed by atoms with E-state index in [0.717, 1.165) is 38.5 Å². The molecule has 51 heavy (non-hydrogen) atoms. The van der Waals surface area contributed by atoms with Gasteiger partial charge in [0.2, 0.25) is 0 Å². The Hall–Kier alpha value is -1.06. The van der Waals surface area contributed by atoms with E-state index < -0.39 is 5.92 Å². The van der Waals surface area contributed by atoms with Gasteiger partial charge in [0.25, 0.3) is 0 Å². The lowest BCUT2D eigenvalue weighted by molar-refractivity contribution is -0.162. The quantitative estimate of drug-likeness (QED) is 0.0357. The molecule has 0 amide bonds. The lowest BCUT2D eigenvalue weighted by atomic mass is 9.99. The number of esters is 2. The lowest BCUT2D eigenvalue weighted by Gasteiger charge is -2.15. The predicted octanol–water partition coefficient (Wildman–Crippen LogP) is 16.0. The smallest absolute Gasteiger partial charge is 0.320 e. The molecule has 0 saturated carbocycles. The van der Waals surface area contributed by atoms with Crippen LogP contribution < -0.4 is 0 Å². The highest BCUT2D eigenvalue weighted by Crippen LogP contribution is 2.19. The molecule has 0 rings (SSSR count). The van der Waals surface area contributed by atoms with Crippen molar-refractivity contribution < 1.29 is 19.1 Å². The maximum Gasteiger partial charge on any atom is 0.320 e. The summed E-state index contributed by atoms with van der Waals surface area (Å²) in [4.78, 5) is 26.1. The number of hydrogen-bond acceptors (Lipinski definition) is 4. The van der Waals surface area contributed by atoms with Gasteiger partial charge in [0.05, 0.1) is 13.2 Å². The predicted molar refractivity (Wildman–Crippen MR) is 222 cm³/mol. The summed E-state index contributed by atoms with van der Waals surface area (Å²) < 4.78 is 11.3. The highest BCUT2D eigenvalue weighted by molar-refractivity contribution is 5.94. The standard InChI is InChI=1S/C47H92O4/c1-4-7-10-13-16-19-22-23-24-25-26-27-28-29-30-33-36-39-42-45(46(48)50-43-40-37-34-31-20-17-14-11-8-5-2)47(49)51-44-41-38-35-32-21-18-15-12-9-6-3/h45H,4-44H2,1-3H3. The number of hydrogen-bond donors (Lipinski definition) is 0. The number of ether oxygens (including phenoxy) is 2. The zero-order valence-corrected chi connectivity index (χ0v) is 35.2. The average molecular weight is 721 g/mol. The van der Waals surface area contributed by atoms with Crippen molar-refractivity contribution in [3.63, 3.8) is 0 Å². The van der Waals surface area contributed by atoms with E-state index in [2.05, 4.69) is 20.8 Å². The van der Waals surface area contributed by atoms with Crippen molar-refractivity contribution in [1.29, 1.82) is 0 Å². The van der Waals surface area contributed by atoms with Crippen LogP contribution in [0.5, 0.6) is 0 Å². The summed E-state index contributed by atoms with van der Waals surface area (Å²) in [7, 11) is 0. The molecule has 0 radical (unpaired) electrons. The van der Waals surface area contributed by atoms with Gasteiger partial charge < -0.3 is 9.47 Å². The molecule has 0 fully saturated rings. The van der Waals surface area contributed by atoms with Gasteiger partial charge in [0.15, 0.2) is 5.92 Å². The summed E-state index contributed by atoms with van der Waals surface area (Å²) in [6, 6.07) is 0. The van der Waals surface area contributed by atoms with Crippen molar-refractivity contribution in [2.75, 3.05) is 13.2 Å². The van der Waals surface area contributed by atoms with E-state index in [9.17, 15) is 9.59 Å². The maximum atomic E-state index is 13.0. The van der Waals surface area contributed by atoms with Gasteiger partial charge in [-0.15, -0.1) is 0 Å². The molecule has 304 valence electrons. The molecule has 0 unspecified atom stereocenters. The first-order valence-electron chi connectivity index (χ1n) is 23.5. The summed E-state index contributed by atoms with van der Waals surface area (Å²) in [5.41, 5.74) is 0. The Morgan fingerprint density at radius 2 is 0.490 bits per heavy atom. The number of carbonyl (C=O) groups excluding carboxylic acids is 2. The third-order valence-electron chi connectivity index (χ3n) is 10.9. The summed E-state index contributed by atoms with van der Waals surface area (Å²) in [5, 5.41) is 0. The van der Waals surface area contributed by atoms with Crippen LogP contribution in [0, 0.1) is 5.92 Å². The Morgan fingerprint density at radius 3 is 0.725 bits per heavy atom. The Morgan fingerprint density at radius 1 is 0.294 bits per heavy atom. The number of unbranched alkanes of at least 4 members (excludes halogenated alkanes) is 35. The zero-order valence-electron chi connectivity index (χ0n) is 35.2. The summed E-state index contributed by atoms with van der Waals surface area (Å²) in [6.07, 6.45) is 49.6. The molecule has 0 spiro atoms. The molecule has 0 aliphatic rings. The second-order valence-electron chi connectivity index (χ2n) is 16.1. The fourth-order valence-corrected chi connectivity index (χ4v) is 7.31. The van der Waals surface area contributed by atoms with E-state index in [4.69, 9.17) is 9.47 Å². The van der Waals surface area contributed by atoms with Gasteiger partial charge in [0, 0.05) is 0 Å². The molecule has 0 N–H and O–H groups in total. The minimum absolute atomic E-state index is 0.356. The van der Waals surface area contributed by atoms with Gasteiger partial charge in [0.1, 0.15) is 0 Å². The Labute approximate surface area is 320 Å². The average Bonchev–Trinajstić information content (AvgIpc) is 3.13. The Kier molecular flexibility index (Phi) is 42.4. The minimum atomic E-state index is -0.753. The van der Waals surface area contributed by atoms with Crippen molar-refractivity contribution in [1.82, 2.24) is 0 Å². The third kappa shape index (κ3) is 38.5. The summed E-state index contributed by atoms with van der Waals surface area (Å²) in [6.45, 7) is 7.67. The molecule has 0 aliphatic carbocycles. The van der Waals surface area contributed by atoms with Crippen LogP contribution in [0.25, 0.3) is 0 Å². The van der Waals surface area contributed by atoms with Crippen LogP contribution in [0.3, 0.4) is 0 Å². The second-order valence-corrected chi connectivity index (χ2v) is 16.1. The zero-order chi connectivity index (χ0) is 37.1. The first-order chi connectivity index (χ1) is 25.2. The molecule has 0 bridgehead atoms. The second kappa shape index (κ2) is 43.3. The van der Waals surface area contributed by atoms with E-state index in [1.165, 1.54) is 205 Å². The molecule has 0 aromatic heterocycles. The fourth-order valence-electron chi connectivity index (χ4n) is 7.31. The van der Waals surface area contributed by atoms with Gasteiger partial charge >= 0.3 is 11.9 Å². The monoisotopic (exact) mass is 721 g/mol. The fraction of sp³-hybridized carbons (Fsp3) is 0.957. The largest absolute Gasteiger partial charge is 0.465 e. The molecular formula is C47H92O4. The Bertz CT molecular complexity index is 654. The first kappa shape index (κ1) is 49.9. The molecule has 0 atom stereocenters. The highest BCUT2D eigenvalue weighted by Gasteiger charge is 2.29. The van der Waals surface area contributed by atoms with Crippen LogP contribution in [0.4, 0.5) is 0 Å². The number of rotatable bonds is 43. The van der Waals surface area contributed by atoms with Crippen LogP contribution in [-0.4, -0.2) is 25.2 Å². The van der Waals surface area contributed by atoms with Gasteiger partial charge in [-0.3, -0.25) is 9.59 Å². The molecule has 0 aliphatic heterocycles. The molecule has 0 aromatic rings. The third-order valence-corrected chi connectivity index (χ3v) is 10.9. The highest BCUT2D eigenvalue weighted by atomic mass is 16.6. The number of carbonyl (C=O) groups is 2. The van der Waals surface area contributed by atoms with Crippen LogP contribution >= 0.6 is 0 Å². The first-order valence-corrected chi connectivity index (χ1v) is 23.5. The van der Waals surface area contributed by atoms with Gasteiger partial charge in [-0.2, -0.15) is 0 Å². The van der Waals surface area contributed by atoms with Crippen LogP contribution in [-0.2, 0) is 19.1 Å². The van der Waals surface area contributed by atoms with Crippen molar-refractivity contribution in [3.05, 3.63) is 0 Å². The van der Waals surface area contributed by atoms with E-state index in [-0.39, 0.29) is 11.9 Å². The van der Waals surface area contributed by atoms with Crippen molar-refractivity contribution in [2.24, 2.45) is 5.92 Å². The maximum absolute atomic E-state index is 13.0. The lowest BCUT2D eigenvalue weighted by Crippen LogP contribution is -2.28. The van der Waals surface area contributed by atoms with E-state index in [0.29, 0.717) is 19.6 Å². The van der Waals surface area contributed by atoms with Crippen molar-refractivity contribution >= 4 is 11.9 Å². The SMILES string of the molecule is CCCCCCCCCCCCCCCCCCCCC(C(=O)OCCCCCCCCCCCC)C(=O)OCCCCCCCCCCCC. The summed E-state index contributed by atoms with van der Waals surface area (Å²) >= 11 is 0. The molecule has 0 heterocycles. The van der Waals surface area contributed by atoms with Crippen LogP contribution in [0.2, 0.25) is 0 Å². The van der Waals surface area contributed by atoms with Crippen LogP contribution in [0.15, 0.2) is 0 Å². The molecule has 4 nitrogen and oxygen atoms in total. The van der Waals surface area contributed by atoms with Crippen molar-refractivity contribution in [2.45, 2.75) is 271 Å². The van der Waals surface area contributed by atoms with E-state index in [1.807, 2.05) is 0 Å². The summed E-state index contributed by atoms with van der Waals surface area (Å²) in [5.74, 6) is -1.46. The van der Waals surface area contributed by atoms with Gasteiger partial charge in [-0.05, 0) is 19.3 Å².